The Kier molecular flexibility index (Phi) is 6.63. The molecule has 1 aromatic carbocycles. The van der Waals surface area contributed by atoms with E-state index in [4.69, 9.17) is 9.84 Å². The number of esters is 1. The normalized spacial score (nSPS) is 20.9. The molecule has 1 fully saturated rings. The molecule has 1 aromatic rings. The maximum atomic E-state index is 12.1. The Hall–Kier alpha value is -1.84. The lowest BCUT2D eigenvalue weighted by atomic mass is 9.81. The second-order valence-electron chi connectivity index (χ2n) is 6.38. The van der Waals surface area contributed by atoms with E-state index in [1.807, 2.05) is 0 Å². The highest BCUT2D eigenvalue weighted by Crippen LogP contribution is 2.30. The SMILES string of the molecule is CCCc1ccc(CCOC(=O)C2CCCC(C(=O)O)C2)cc1. The van der Waals surface area contributed by atoms with Gasteiger partial charge in [-0.1, -0.05) is 44.0 Å². The summed E-state index contributed by atoms with van der Waals surface area (Å²) in [6, 6.07) is 8.41. The smallest absolute Gasteiger partial charge is 0.308 e. The number of aryl methyl sites for hydroxylation is 1. The molecule has 2 rings (SSSR count). The molecule has 4 heteroatoms. The van der Waals surface area contributed by atoms with Gasteiger partial charge in [0.2, 0.25) is 0 Å². The first-order valence-corrected chi connectivity index (χ1v) is 8.57. The number of hydrogen-bond acceptors (Lipinski definition) is 3. The quantitative estimate of drug-likeness (QED) is 0.780. The average Bonchev–Trinajstić information content (AvgIpc) is 2.56. The van der Waals surface area contributed by atoms with Crippen molar-refractivity contribution in [1.82, 2.24) is 0 Å². The number of carboxylic acids is 1. The summed E-state index contributed by atoms with van der Waals surface area (Å²) in [6.45, 7) is 2.52. The van der Waals surface area contributed by atoms with Crippen LogP contribution in [0.15, 0.2) is 24.3 Å². The van der Waals surface area contributed by atoms with Crippen LogP contribution in [0.3, 0.4) is 0 Å². The minimum atomic E-state index is -0.797. The minimum Gasteiger partial charge on any atom is -0.481 e. The van der Waals surface area contributed by atoms with E-state index in [0.717, 1.165) is 31.2 Å². The van der Waals surface area contributed by atoms with Crippen molar-refractivity contribution in [3.05, 3.63) is 35.4 Å². The molecule has 2 unspecified atom stereocenters. The van der Waals surface area contributed by atoms with Gasteiger partial charge in [0.25, 0.3) is 0 Å². The van der Waals surface area contributed by atoms with E-state index < -0.39 is 11.9 Å². The molecule has 126 valence electrons. The number of carboxylic acid groups (broad SMARTS) is 1. The molecule has 0 bridgehead atoms. The van der Waals surface area contributed by atoms with Crippen LogP contribution in [-0.4, -0.2) is 23.7 Å². The number of ether oxygens (including phenoxy) is 1. The first kappa shape index (κ1) is 17.5. The monoisotopic (exact) mass is 318 g/mol. The maximum absolute atomic E-state index is 12.1. The van der Waals surface area contributed by atoms with Crippen molar-refractivity contribution in [2.45, 2.75) is 51.9 Å². The first-order valence-electron chi connectivity index (χ1n) is 8.57. The molecular formula is C19H26O4. The van der Waals surface area contributed by atoms with E-state index in [2.05, 4.69) is 31.2 Å². The summed E-state index contributed by atoms with van der Waals surface area (Å²) in [5.41, 5.74) is 2.49. The third-order valence-electron chi connectivity index (χ3n) is 4.55. The Balaban J connectivity index is 1.74. The molecule has 4 nitrogen and oxygen atoms in total. The molecule has 1 N–H and O–H groups in total. The molecule has 0 aromatic heterocycles. The fraction of sp³-hybridized carbons (Fsp3) is 0.579. The molecule has 0 aliphatic heterocycles. The highest BCUT2D eigenvalue weighted by molar-refractivity contribution is 5.75. The average molecular weight is 318 g/mol. The largest absolute Gasteiger partial charge is 0.481 e. The van der Waals surface area contributed by atoms with E-state index in [1.54, 1.807) is 0 Å². The molecular weight excluding hydrogens is 292 g/mol. The van der Waals surface area contributed by atoms with Gasteiger partial charge in [0.05, 0.1) is 18.4 Å². The Morgan fingerprint density at radius 3 is 2.30 bits per heavy atom. The predicted molar refractivity (Wildman–Crippen MR) is 88.2 cm³/mol. The number of rotatable bonds is 7. The second-order valence-corrected chi connectivity index (χ2v) is 6.38. The lowest BCUT2D eigenvalue weighted by Crippen LogP contribution is -2.28. The fourth-order valence-electron chi connectivity index (χ4n) is 3.18. The number of aliphatic carboxylic acids is 1. The third kappa shape index (κ3) is 5.38. The van der Waals surface area contributed by atoms with Crippen molar-refractivity contribution in [2.24, 2.45) is 11.8 Å². The van der Waals surface area contributed by atoms with Gasteiger partial charge in [-0.05, 0) is 36.8 Å². The standard InChI is InChI=1S/C19H26O4/c1-2-4-14-7-9-15(10-8-14)11-12-23-19(22)17-6-3-5-16(13-17)18(20)21/h7-10,16-17H,2-6,11-13H2,1H3,(H,20,21). The lowest BCUT2D eigenvalue weighted by molar-refractivity contribution is -0.152. The van der Waals surface area contributed by atoms with Gasteiger partial charge in [-0.3, -0.25) is 9.59 Å². The molecule has 2 atom stereocenters. The van der Waals surface area contributed by atoms with E-state index in [1.165, 1.54) is 5.56 Å². The van der Waals surface area contributed by atoms with Crippen LogP contribution in [0.25, 0.3) is 0 Å². The molecule has 23 heavy (non-hydrogen) atoms. The zero-order valence-corrected chi connectivity index (χ0v) is 13.8. The van der Waals surface area contributed by atoms with Gasteiger partial charge in [0.15, 0.2) is 0 Å². The molecule has 1 saturated carbocycles. The molecule has 0 saturated heterocycles. The van der Waals surface area contributed by atoms with Gasteiger partial charge in [-0.15, -0.1) is 0 Å². The van der Waals surface area contributed by atoms with Gasteiger partial charge >= 0.3 is 11.9 Å². The van der Waals surface area contributed by atoms with E-state index in [-0.39, 0.29) is 11.9 Å². The summed E-state index contributed by atoms with van der Waals surface area (Å²) >= 11 is 0. The first-order chi connectivity index (χ1) is 11.1. The molecule has 0 amide bonds. The summed E-state index contributed by atoms with van der Waals surface area (Å²) < 4.78 is 5.36. The topological polar surface area (TPSA) is 63.6 Å². The summed E-state index contributed by atoms with van der Waals surface area (Å²) in [4.78, 5) is 23.1. The zero-order chi connectivity index (χ0) is 16.7. The zero-order valence-electron chi connectivity index (χ0n) is 13.8. The van der Waals surface area contributed by atoms with Crippen molar-refractivity contribution >= 4 is 11.9 Å². The molecule has 1 aliphatic rings. The Morgan fingerprint density at radius 2 is 1.70 bits per heavy atom. The maximum Gasteiger partial charge on any atom is 0.308 e. The number of hydrogen-bond donors (Lipinski definition) is 1. The molecule has 0 radical (unpaired) electrons. The summed E-state index contributed by atoms with van der Waals surface area (Å²) in [6.07, 6.45) is 5.54. The molecule has 0 spiro atoms. The predicted octanol–water partition coefficient (Wildman–Crippen LogP) is 3.62. The number of benzene rings is 1. The van der Waals surface area contributed by atoms with Crippen LogP contribution in [0.2, 0.25) is 0 Å². The molecule has 1 aliphatic carbocycles. The van der Waals surface area contributed by atoms with Crippen LogP contribution in [-0.2, 0) is 27.2 Å². The van der Waals surface area contributed by atoms with Crippen LogP contribution in [0, 0.1) is 11.8 Å². The van der Waals surface area contributed by atoms with Crippen molar-refractivity contribution in [3.63, 3.8) is 0 Å². The van der Waals surface area contributed by atoms with Crippen molar-refractivity contribution in [2.75, 3.05) is 6.61 Å². The third-order valence-corrected chi connectivity index (χ3v) is 4.55. The van der Waals surface area contributed by atoms with Crippen LogP contribution in [0.4, 0.5) is 0 Å². The highest BCUT2D eigenvalue weighted by atomic mass is 16.5. The Morgan fingerprint density at radius 1 is 1.09 bits per heavy atom. The summed E-state index contributed by atoms with van der Waals surface area (Å²) in [5, 5.41) is 9.07. The van der Waals surface area contributed by atoms with Crippen LogP contribution in [0.1, 0.15) is 50.2 Å². The van der Waals surface area contributed by atoms with E-state index in [0.29, 0.717) is 25.9 Å². The second kappa shape index (κ2) is 8.70. The molecule has 0 heterocycles. The van der Waals surface area contributed by atoms with Gasteiger partial charge < -0.3 is 9.84 Å². The van der Waals surface area contributed by atoms with Crippen LogP contribution >= 0.6 is 0 Å². The van der Waals surface area contributed by atoms with E-state index in [9.17, 15) is 9.59 Å². The minimum absolute atomic E-state index is 0.237. The van der Waals surface area contributed by atoms with Gasteiger partial charge in [-0.2, -0.15) is 0 Å². The van der Waals surface area contributed by atoms with Crippen LogP contribution in [0.5, 0.6) is 0 Å². The Labute approximate surface area is 137 Å². The Bertz CT molecular complexity index is 521. The summed E-state index contributed by atoms with van der Waals surface area (Å²) in [5.74, 6) is -1.68. The number of carbonyl (C=O) groups is 2. The van der Waals surface area contributed by atoms with Gasteiger partial charge in [-0.25, -0.2) is 0 Å². The fourth-order valence-corrected chi connectivity index (χ4v) is 3.18. The number of carbonyl (C=O) groups excluding carboxylic acids is 1. The van der Waals surface area contributed by atoms with Crippen molar-refractivity contribution < 1.29 is 19.4 Å². The van der Waals surface area contributed by atoms with Gasteiger partial charge in [0.1, 0.15) is 0 Å². The van der Waals surface area contributed by atoms with E-state index >= 15 is 0 Å². The van der Waals surface area contributed by atoms with Crippen molar-refractivity contribution in [1.29, 1.82) is 0 Å². The highest BCUT2D eigenvalue weighted by Gasteiger charge is 2.31. The lowest BCUT2D eigenvalue weighted by Gasteiger charge is -2.25. The summed E-state index contributed by atoms with van der Waals surface area (Å²) in [7, 11) is 0. The van der Waals surface area contributed by atoms with Crippen LogP contribution < -0.4 is 0 Å². The van der Waals surface area contributed by atoms with Crippen molar-refractivity contribution in [3.8, 4) is 0 Å². The van der Waals surface area contributed by atoms with Gasteiger partial charge in [0, 0.05) is 6.42 Å².